The van der Waals surface area contributed by atoms with Gasteiger partial charge in [-0.2, -0.15) is 0 Å². The Morgan fingerprint density at radius 3 is 3.06 bits per heavy atom. The molecule has 7 nitrogen and oxygen atoms in total. The van der Waals surface area contributed by atoms with Gasteiger partial charge in [0, 0.05) is 71.1 Å². The molecule has 3 aliphatic rings. The molecule has 0 aliphatic carbocycles. The molecule has 1 aromatic carbocycles. The Bertz CT molecular complexity index is 1340. The van der Waals surface area contributed by atoms with Crippen molar-refractivity contribution in [3.05, 3.63) is 67.2 Å². The molecule has 0 spiro atoms. The molecule has 2 N–H and O–H groups in total. The van der Waals surface area contributed by atoms with Crippen LogP contribution in [0.5, 0.6) is 5.75 Å². The van der Waals surface area contributed by atoms with Crippen LogP contribution in [0.1, 0.15) is 57.3 Å². The molecule has 2 atom stereocenters. The van der Waals surface area contributed by atoms with Crippen LogP contribution >= 0.6 is 22.9 Å². The fourth-order valence-corrected chi connectivity index (χ4v) is 6.71. The number of fused-ring (bicyclic) bond motifs is 2. The van der Waals surface area contributed by atoms with Gasteiger partial charge >= 0.3 is 0 Å². The highest BCUT2D eigenvalue weighted by Crippen LogP contribution is 2.49. The zero-order valence-electron chi connectivity index (χ0n) is 19.4. The summed E-state index contributed by atoms with van der Waals surface area (Å²) in [5.41, 5.74) is 4.67. The topological polar surface area (TPSA) is 89.1 Å². The van der Waals surface area contributed by atoms with Gasteiger partial charge in [0.1, 0.15) is 11.4 Å². The number of hydrogen-bond acceptors (Lipinski definition) is 8. The van der Waals surface area contributed by atoms with E-state index in [1.807, 2.05) is 31.2 Å². The van der Waals surface area contributed by atoms with Crippen LogP contribution in [-0.2, 0) is 29.7 Å². The minimum Gasteiger partial charge on any atom is -0.481 e. The van der Waals surface area contributed by atoms with Crippen LogP contribution in [0, 0.1) is 0 Å². The van der Waals surface area contributed by atoms with Crippen LogP contribution in [0.25, 0.3) is 5.57 Å². The van der Waals surface area contributed by atoms with Crippen LogP contribution in [0.4, 0.5) is 5.69 Å². The lowest BCUT2D eigenvalue weighted by atomic mass is 9.97. The third kappa shape index (κ3) is 3.84. The molecular weight excluding hydrogens is 486 g/mol. The van der Waals surface area contributed by atoms with Gasteiger partial charge in [-0.3, -0.25) is 4.99 Å². The van der Waals surface area contributed by atoms with E-state index in [-0.39, 0.29) is 12.7 Å². The van der Waals surface area contributed by atoms with E-state index in [0.29, 0.717) is 24.5 Å². The van der Waals surface area contributed by atoms with E-state index in [9.17, 15) is 5.11 Å². The van der Waals surface area contributed by atoms with Gasteiger partial charge in [0.05, 0.1) is 22.9 Å². The minimum atomic E-state index is -1.00. The van der Waals surface area contributed by atoms with Crippen molar-refractivity contribution in [3.63, 3.8) is 0 Å². The number of allylic oxidation sites excluding steroid dienone is 1. The van der Waals surface area contributed by atoms with E-state index in [1.165, 1.54) is 11.3 Å². The molecule has 5 heterocycles. The van der Waals surface area contributed by atoms with E-state index in [1.54, 1.807) is 0 Å². The number of nitrogens with zero attached hydrogens (tertiary/aromatic N) is 2. The molecule has 0 bridgehead atoms. The second-order valence-electron chi connectivity index (χ2n) is 9.17. The maximum atomic E-state index is 11.1. The highest BCUT2D eigenvalue weighted by atomic mass is 35.5. The monoisotopic (exact) mass is 511 g/mol. The fourth-order valence-electron chi connectivity index (χ4n) is 5.17. The lowest BCUT2D eigenvalue weighted by molar-refractivity contribution is 0.0264. The summed E-state index contributed by atoms with van der Waals surface area (Å²) in [6, 6.07) is 5.79. The molecule has 1 saturated heterocycles. The van der Waals surface area contributed by atoms with Crippen molar-refractivity contribution >= 4 is 40.9 Å². The summed E-state index contributed by atoms with van der Waals surface area (Å²) in [5, 5.41) is 19.4. The molecule has 6 rings (SSSR count). The average molecular weight is 512 g/mol. The number of nitrogens with one attached hydrogen (secondary N) is 1. The minimum absolute atomic E-state index is 0.260. The summed E-state index contributed by atoms with van der Waals surface area (Å²) in [4.78, 5) is 6.01. The first-order chi connectivity index (χ1) is 17.0. The van der Waals surface area contributed by atoms with Crippen molar-refractivity contribution in [2.75, 3.05) is 19.8 Å². The van der Waals surface area contributed by atoms with Crippen molar-refractivity contribution in [2.45, 2.75) is 44.4 Å². The normalized spacial score (nSPS) is 23.7. The maximum Gasteiger partial charge on any atom is 0.182 e. The lowest BCUT2D eigenvalue weighted by Gasteiger charge is -2.18. The van der Waals surface area contributed by atoms with Crippen LogP contribution in [-0.4, -0.2) is 36.7 Å². The SMILES string of the molecule is C=Nc1cc(C2(O)CCOC2)sc1/C(=C\C)c1cc(Cl)cc2c1OC(c1onc3c1CNCC3)C2. The molecule has 9 heteroatoms. The molecule has 182 valence electrons. The molecule has 2 unspecified atom stereocenters. The lowest BCUT2D eigenvalue weighted by Crippen LogP contribution is -2.24. The summed E-state index contributed by atoms with van der Waals surface area (Å²) in [6.45, 7) is 8.21. The van der Waals surface area contributed by atoms with Crippen molar-refractivity contribution in [1.82, 2.24) is 10.5 Å². The standard InChI is InChI=1S/C26H26ClN3O4S/c1-3-16(25-20(28-2)11-22(35-25)26(31)5-7-32-13-26)17-10-15(27)8-14-9-21(33-23(14)17)24-18-12-29-6-4-19(18)30-34-24/h3,8,10-11,21,29,31H,2,4-7,9,12-13H2,1H3/b16-3-. The molecule has 0 radical (unpaired) electrons. The number of benzene rings is 1. The Morgan fingerprint density at radius 1 is 1.40 bits per heavy atom. The van der Waals surface area contributed by atoms with Gasteiger partial charge in [0.25, 0.3) is 0 Å². The number of thiophene rings is 1. The highest BCUT2D eigenvalue weighted by Gasteiger charge is 2.38. The van der Waals surface area contributed by atoms with Gasteiger partial charge in [0.15, 0.2) is 11.9 Å². The third-order valence-corrected chi connectivity index (χ3v) is 8.56. The van der Waals surface area contributed by atoms with Gasteiger partial charge in [-0.05, 0) is 31.8 Å². The van der Waals surface area contributed by atoms with E-state index >= 15 is 0 Å². The van der Waals surface area contributed by atoms with Crippen LogP contribution in [0.2, 0.25) is 5.02 Å². The van der Waals surface area contributed by atoms with Crippen molar-refractivity contribution in [1.29, 1.82) is 0 Å². The van der Waals surface area contributed by atoms with Crippen molar-refractivity contribution in [2.24, 2.45) is 4.99 Å². The van der Waals surface area contributed by atoms with E-state index < -0.39 is 5.60 Å². The Labute approximate surface area is 212 Å². The number of halogens is 1. The summed E-state index contributed by atoms with van der Waals surface area (Å²) in [7, 11) is 0. The number of aromatic nitrogens is 1. The Kier molecular flexibility index (Phi) is 5.81. The zero-order chi connectivity index (χ0) is 24.2. The first-order valence-corrected chi connectivity index (χ1v) is 13.0. The Balaban J connectivity index is 1.40. The number of rotatable bonds is 5. The predicted octanol–water partition coefficient (Wildman–Crippen LogP) is 5.10. The van der Waals surface area contributed by atoms with E-state index in [4.69, 9.17) is 25.6 Å². The van der Waals surface area contributed by atoms with Crippen molar-refractivity contribution < 1.29 is 19.1 Å². The van der Waals surface area contributed by atoms with Gasteiger partial charge in [-0.15, -0.1) is 11.3 Å². The Hall–Kier alpha value is -2.49. The summed E-state index contributed by atoms with van der Waals surface area (Å²) in [6.07, 6.45) is 3.84. The maximum absolute atomic E-state index is 11.1. The number of hydrogen-bond donors (Lipinski definition) is 2. The molecule has 1 fully saturated rings. The summed E-state index contributed by atoms with van der Waals surface area (Å²) >= 11 is 8.10. The van der Waals surface area contributed by atoms with E-state index in [0.717, 1.165) is 74.4 Å². The molecule has 3 aliphatic heterocycles. The quantitative estimate of drug-likeness (QED) is 0.463. The molecule has 2 aromatic heterocycles. The number of aliphatic hydroxyl groups is 1. The first-order valence-electron chi connectivity index (χ1n) is 11.8. The summed E-state index contributed by atoms with van der Waals surface area (Å²) in [5.74, 6) is 1.57. The molecule has 0 saturated carbocycles. The third-order valence-electron chi connectivity index (χ3n) is 6.99. The number of ether oxygens (including phenoxy) is 2. The number of aliphatic imine (C=N–C) groups is 1. The molecule has 35 heavy (non-hydrogen) atoms. The van der Waals surface area contributed by atoms with Crippen LogP contribution in [0.15, 0.2) is 33.8 Å². The molecule has 3 aromatic rings. The van der Waals surface area contributed by atoms with Gasteiger partial charge in [-0.25, -0.2) is 0 Å². The van der Waals surface area contributed by atoms with Gasteiger partial charge in [0.2, 0.25) is 0 Å². The Morgan fingerprint density at radius 2 is 2.29 bits per heavy atom. The van der Waals surface area contributed by atoms with Gasteiger partial charge in [-0.1, -0.05) is 22.8 Å². The first kappa shape index (κ1) is 22.9. The molecular formula is C26H26ClN3O4S. The van der Waals surface area contributed by atoms with E-state index in [2.05, 4.69) is 22.2 Å². The highest BCUT2D eigenvalue weighted by molar-refractivity contribution is 7.14. The largest absolute Gasteiger partial charge is 0.481 e. The second-order valence-corrected chi connectivity index (χ2v) is 10.7. The van der Waals surface area contributed by atoms with Crippen LogP contribution in [0.3, 0.4) is 0 Å². The van der Waals surface area contributed by atoms with Crippen molar-refractivity contribution in [3.8, 4) is 5.75 Å². The second kappa shape index (κ2) is 8.87. The predicted molar refractivity (Wildman–Crippen MR) is 136 cm³/mol. The average Bonchev–Trinajstić information content (AvgIpc) is 3.64. The zero-order valence-corrected chi connectivity index (χ0v) is 21.0. The fraction of sp³-hybridized carbons (Fsp3) is 0.385. The molecule has 0 amide bonds. The smallest absolute Gasteiger partial charge is 0.182 e. The van der Waals surface area contributed by atoms with Gasteiger partial charge < -0.3 is 24.4 Å². The summed E-state index contributed by atoms with van der Waals surface area (Å²) < 4.78 is 17.8. The van der Waals surface area contributed by atoms with Crippen LogP contribution < -0.4 is 10.1 Å².